The molecule has 3 aromatic rings. The van der Waals surface area contributed by atoms with Gasteiger partial charge in [-0.2, -0.15) is 0 Å². The van der Waals surface area contributed by atoms with Crippen molar-refractivity contribution in [1.29, 1.82) is 0 Å². The van der Waals surface area contributed by atoms with Crippen LogP contribution in [-0.4, -0.2) is 39.9 Å². The van der Waals surface area contributed by atoms with Crippen molar-refractivity contribution >= 4 is 34.1 Å². The molecule has 0 N–H and O–H groups in total. The van der Waals surface area contributed by atoms with Gasteiger partial charge in [0.05, 0.1) is 23.5 Å². The van der Waals surface area contributed by atoms with E-state index in [1.807, 2.05) is 30.3 Å². The van der Waals surface area contributed by atoms with Crippen molar-refractivity contribution in [2.75, 3.05) is 13.1 Å². The lowest BCUT2D eigenvalue weighted by Crippen LogP contribution is -2.56. The fraction of sp³-hybridized carbons (Fsp3) is 0.158. The highest BCUT2D eigenvalue weighted by atomic mass is 35.5. The largest absolute Gasteiger partial charge is 0.471 e. The number of nitrogens with zero attached hydrogens (tertiary/aromatic N) is 3. The second kappa shape index (κ2) is 6.85. The molecule has 8 heteroatoms. The molecule has 0 saturated carbocycles. The highest BCUT2D eigenvalue weighted by molar-refractivity contribution is 6.32. The number of rotatable bonds is 4. The van der Waals surface area contributed by atoms with Crippen LogP contribution in [0.3, 0.4) is 0 Å². The summed E-state index contributed by atoms with van der Waals surface area (Å²) in [6.07, 6.45) is -0.162. The Bertz CT molecular complexity index is 1050. The first-order valence-electron chi connectivity index (χ1n) is 8.27. The third-order valence-corrected chi connectivity index (χ3v) is 4.70. The number of hydrogen-bond donors (Lipinski definition) is 0. The SMILES string of the molecule is O=C(c1ccc(Cl)c([N+](=O)[O-])c1)N1CC(Oc2ccc3ccccc3n2)C1. The number of aromatic nitrogens is 1. The molecule has 1 aliphatic heterocycles. The van der Waals surface area contributed by atoms with E-state index < -0.39 is 4.92 Å². The van der Waals surface area contributed by atoms with Crippen LogP contribution in [0.5, 0.6) is 5.88 Å². The molecule has 136 valence electrons. The van der Waals surface area contributed by atoms with Gasteiger partial charge in [-0.1, -0.05) is 29.8 Å². The van der Waals surface area contributed by atoms with E-state index >= 15 is 0 Å². The Morgan fingerprint density at radius 1 is 1.19 bits per heavy atom. The van der Waals surface area contributed by atoms with Crippen LogP contribution in [0.15, 0.2) is 54.6 Å². The average molecular weight is 384 g/mol. The number of amides is 1. The van der Waals surface area contributed by atoms with Crippen LogP contribution < -0.4 is 4.74 Å². The minimum Gasteiger partial charge on any atom is -0.471 e. The zero-order valence-electron chi connectivity index (χ0n) is 14.0. The van der Waals surface area contributed by atoms with Crippen LogP contribution in [0.25, 0.3) is 10.9 Å². The van der Waals surface area contributed by atoms with E-state index in [0.29, 0.717) is 19.0 Å². The number of ether oxygens (including phenoxy) is 1. The number of fused-ring (bicyclic) bond motifs is 1. The molecule has 0 unspecified atom stereocenters. The number of pyridine rings is 1. The standard InChI is InChI=1S/C19H14ClN3O4/c20-15-7-5-13(9-17(15)23(25)26)19(24)22-10-14(11-22)27-18-8-6-12-3-1-2-4-16(12)21-18/h1-9,14H,10-11H2. The van der Waals surface area contributed by atoms with E-state index in [2.05, 4.69) is 4.98 Å². The number of carbonyl (C=O) groups excluding carboxylic acids is 1. The van der Waals surface area contributed by atoms with Gasteiger partial charge in [-0.15, -0.1) is 0 Å². The van der Waals surface area contributed by atoms with Gasteiger partial charge in [0.25, 0.3) is 11.6 Å². The Hall–Kier alpha value is -3.19. The summed E-state index contributed by atoms with van der Waals surface area (Å²) in [5.41, 5.74) is 0.792. The lowest BCUT2D eigenvalue weighted by atomic mass is 10.1. The molecule has 1 saturated heterocycles. The number of nitro groups is 1. The van der Waals surface area contributed by atoms with E-state index in [9.17, 15) is 14.9 Å². The monoisotopic (exact) mass is 383 g/mol. The van der Waals surface area contributed by atoms with Crippen LogP contribution in [0.2, 0.25) is 5.02 Å². The summed E-state index contributed by atoms with van der Waals surface area (Å²) < 4.78 is 5.82. The Balaban J connectivity index is 1.40. The third-order valence-electron chi connectivity index (χ3n) is 4.39. The quantitative estimate of drug-likeness (QED) is 0.506. The van der Waals surface area contributed by atoms with Gasteiger partial charge in [0.1, 0.15) is 11.1 Å². The summed E-state index contributed by atoms with van der Waals surface area (Å²) in [4.78, 5) is 28.9. The molecule has 1 aliphatic rings. The number of likely N-dealkylation sites (tertiary alicyclic amines) is 1. The summed E-state index contributed by atoms with van der Waals surface area (Å²) in [6, 6.07) is 15.5. The number of para-hydroxylation sites is 1. The minimum atomic E-state index is -0.605. The molecule has 2 aromatic carbocycles. The highest BCUT2D eigenvalue weighted by Gasteiger charge is 2.33. The molecule has 0 atom stereocenters. The molecule has 27 heavy (non-hydrogen) atoms. The smallest absolute Gasteiger partial charge is 0.288 e. The van der Waals surface area contributed by atoms with Gasteiger partial charge in [0.2, 0.25) is 5.88 Å². The summed E-state index contributed by atoms with van der Waals surface area (Å²) in [7, 11) is 0. The first-order chi connectivity index (χ1) is 13.0. The molecular formula is C19H14ClN3O4. The fourth-order valence-electron chi connectivity index (χ4n) is 2.93. The molecule has 7 nitrogen and oxygen atoms in total. The summed E-state index contributed by atoms with van der Waals surface area (Å²) in [5.74, 6) is 0.217. The van der Waals surface area contributed by atoms with Crippen molar-refractivity contribution in [3.8, 4) is 5.88 Å². The van der Waals surface area contributed by atoms with Gasteiger partial charge in [-0.25, -0.2) is 4.98 Å². The molecule has 1 fully saturated rings. The maximum absolute atomic E-state index is 12.5. The van der Waals surface area contributed by atoms with Gasteiger partial charge in [0.15, 0.2) is 0 Å². The molecule has 0 aliphatic carbocycles. The van der Waals surface area contributed by atoms with Gasteiger partial charge in [-0.05, 0) is 24.3 Å². The predicted octanol–water partition coefficient (Wildman–Crippen LogP) is 3.70. The number of halogens is 1. The molecule has 1 amide bonds. The van der Waals surface area contributed by atoms with E-state index in [-0.39, 0.29) is 28.3 Å². The second-order valence-corrected chi connectivity index (χ2v) is 6.62. The maximum atomic E-state index is 12.5. The van der Waals surface area contributed by atoms with Crippen LogP contribution >= 0.6 is 11.6 Å². The third kappa shape index (κ3) is 3.41. The van der Waals surface area contributed by atoms with E-state index in [1.165, 1.54) is 18.2 Å². The molecular weight excluding hydrogens is 370 g/mol. The van der Waals surface area contributed by atoms with Crippen LogP contribution in [0, 0.1) is 10.1 Å². The van der Waals surface area contributed by atoms with Crippen molar-refractivity contribution in [1.82, 2.24) is 9.88 Å². The molecule has 0 bridgehead atoms. The Morgan fingerprint density at radius 3 is 2.74 bits per heavy atom. The normalized spacial score (nSPS) is 14.0. The first-order valence-corrected chi connectivity index (χ1v) is 8.65. The number of hydrogen-bond acceptors (Lipinski definition) is 5. The van der Waals surface area contributed by atoms with Gasteiger partial charge in [-0.3, -0.25) is 14.9 Å². The zero-order chi connectivity index (χ0) is 19.0. The molecule has 4 rings (SSSR count). The summed E-state index contributed by atoms with van der Waals surface area (Å²) >= 11 is 5.78. The van der Waals surface area contributed by atoms with E-state index in [1.54, 1.807) is 11.0 Å². The number of nitro benzene ring substituents is 1. The van der Waals surface area contributed by atoms with Crippen LogP contribution in [0.1, 0.15) is 10.4 Å². The Kier molecular flexibility index (Phi) is 4.37. The molecule has 2 heterocycles. The average Bonchev–Trinajstić information content (AvgIpc) is 2.64. The van der Waals surface area contributed by atoms with Gasteiger partial charge in [0, 0.05) is 23.1 Å². The minimum absolute atomic E-state index is 0.00347. The zero-order valence-corrected chi connectivity index (χ0v) is 14.8. The Labute approximate surface area is 159 Å². The lowest BCUT2D eigenvalue weighted by molar-refractivity contribution is -0.384. The lowest BCUT2D eigenvalue weighted by Gasteiger charge is -2.38. The first kappa shape index (κ1) is 17.2. The number of benzene rings is 2. The maximum Gasteiger partial charge on any atom is 0.288 e. The van der Waals surface area contributed by atoms with Gasteiger partial charge < -0.3 is 9.64 Å². The fourth-order valence-corrected chi connectivity index (χ4v) is 3.12. The predicted molar refractivity (Wildman–Crippen MR) is 100 cm³/mol. The number of carbonyl (C=O) groups is 1. The second-order valence-electron chi connectivity index (χ2n) is 6.22. The molecule has 0 spiro atoms. The van der Waals surface area contributed by atoms with Crippen molar-refractivity contribution < 1.29 is 14.5 Å². The van der Waals surface area contributed by atoms with Crippen molar-refractivity contribution in [2.45, 2.75) is 6.10 Å². The Morgan fingerprint density at radius 2 is 1.96 bits per heavy atom. The van der Waals surface area contributed by atoms with Gasteiger partial charge >= 0.3 is 0 Å². The topological polar surface area (TPSA) is 85.6 Å². The highest BCUT2D eigenvalue weighted by Crippen LogP contribution is 2.27. The van der Waals surface area contributed by atoms with E-state index in [0.717, 1.165) is 10.9 Å². The van der Waals surface area contributed by atoms with Crippen molar-refractivity contribution in [3.63, 3.8) is 0 Å². The summed E-state index contributed by atoms with van der Waals surface area (Å²) in [6.45, 7) is 0.785. The van der Waals surface area contributed by atoms with Crippen molar-refractivity contribution in [3.05, 3.63) is 75.3 Å². The molecule has 0 radical (unpaired) electrons. The van der Waals surface area contributed by atoms with Crippen molar-refractivity contribution in [2.24, 2.45) is 0 Å². The van der Waals surface area contributed by atoms with E-state index in [4.69, 9.17) is 16.3 Å². The molecule has 1 aromatic heterocycles. The van der Waals surface area contributed by atoms with Crippen LogP contribution in [0.4, 0.5) is 5.69 Å². The summed E-state index contributed by atoms with van der Waals surface area (Å²) in [5, 5.41) is 12.0. The van der Waals surface area contributed by atoms with Crippen LogP contribution in [-0.2, 0) is 0 Å².